The Labute approximate surface area is 396 Å². The van der Waals surface area contributed by atoms with Gasteiger partial charge in [0.1, 0.15) is 24.6 Å². The number of hydrogen-bond donors (Lipinski definition) is 4. The second-order valence-corrected chi connectivity index (χ2v) is 22.8. The van der Waals surface area contributed by atoms with Crippen LogP contribution in [0.5, 0.6) is 5.75 Å². The Hall–Kier alpha value is -5.02. The predicted molar refractivity (Wildman–Crippen MR) is 269 cm³/mol. The Morgan fingerprint density at radius 2 is 1.64 bits per heavy atom. The highest BCUT2D eigenvalue weighted by atomic mass is 79.9. The molecule has 0 radical (unpaired) electrons. The summed E-state index contributed by atoms with van der Waals surface area (Å²) in [5.74, 6) is 1.42. The quantitative estimate of drug-likeness (QED) is 0.0900. The lowest BCUT2D eigenvalue weighted by Gasteiger charge is -2.44. The van der Waals surface area contributed by atoms with E-state index in [9.17, 15) is 14.2 Å². The third-order valence-corrected chi connectivity index (χ3v) is 16.3. The molecule has 4 fully saturated rings. The Morgan fingerprint density at radius 1 is 0.879 bits per heavy atom. The highest BCUT2D eigenvalue weighted by molar-refractivity contribution is 9.11. The fraction of sp³-hybridized carbons (Fsp3) is 0.490. The number of piperidine rings is 3. The molecule has 9 rings (SSSR count). The van der Waals surface area contributed by atoms with Crippen LogP contribution in [0, 0.1) is 5.92 Å². The van der Waals surface area contributed by atoms with Gasteiger partial charge in [-0.1, -0.05) is 19.1 Å². The molecular weight excluding hydrogens is 917 g/mol. The minimum atomic E-state index is -2.74. The van der Waals surface area contributed by atoms with Crippen LogP contribution in [0.1, 0.15) is 62.5 Å². The number of ether oxygens (including phenoxy) is 1. The van der Waals surface area contributed by atoms with E-state index in [-0.39, 0.29) is 23.9 Å². The van der Waals surface area contributed by atoms with Crippen molar-refractivity contribution in [3.8, 4) is 5.75 Å². The van der Waals surface area contributed by atoms with Crippen molar-refractivity contribution in [3.63, 3.8) is 0 Å². The van der Waals surface area contributed by atoms with Crippen molar-refractivity contribution in [2.75, 3.05) is 99.8 Å². The summed E-state index contributed by atoms with van der Waals surface area (Å²) >= 11 is 3.68. The number of aryl methyl sites for hydroxylation is 1. The summed E-state index contributed by atoms with van der Waals surface area (Å²) in [6.45, 7) is 15.5. The SMILES string of the molecule is CCc1cc(NC2=NC=C(Br)C(Nc3ccc4nccnc4c3P(C)(C)=O)N2)c(OC)cc1N1CCC(N2CCN(CC3CCN(c4cccc(C5CCC(=O)NC5=O)c4)CC3)CC2)CC1. The number of methoxy groups -OCH3 is 1. The molecule has 17 heteroatoms. The summed E-state index contributed by atoms with van der Waals surface area (Å²) in [6, 6.07) is 17.2. The van der Waals surface area contributed by atoms with Gasteiger partial charge in [0.25, 0.3) is 0 Å². The molecule has 66 heavy (non-hydrogen) atoms. The number of benzene rings is 3. The van der Waals surface area contributed by atoms with Crippen LogP contribution >= 0.6 is 23.1 Å². The first-order valence-electron chi connectivity index (χ1n) is 23.6. The van der Waals surface area contributed by atoms with Crippen LogP contribution in [0.2, 0.25) is 0 Å². The van der Waals surface area contributed by atoms with Gasteiger partial charge >= 0.3 is 0 Å². The van der Waals surface area contributed by atoms with Gasteiger partial charge in [-0.3, -0.25) is 29.8 Å². The smallest absolute Gasteiger partial charge is 0.234 e. The molecule has 5 aliphatic heterocycles. The van der Waals surface area contributed by atoms with E-state index in [1.807, 2.05) is 18.2 Å². The lowest BCUT2D eigenvalue weighted by molar-refractivity contribution is -0.134. The van der Waals surface area contributed by atoms with Gasteiger partial charge < -0.3 is 40.0 Å². The maximum absolute atomic E-state index is 13.6. The van der Waals surface area contributed by atoms with E-state index in [1.165, 1.54) is 36.3 Å². The molecule has 6 heterocycles. The number of guanidine groups is 1. The average molecular weight is 981 g/mol. The van der Waals surface area contributed by atoms with E-state index in [0.717, 1.165) is 98.8 Å². The maximum Gasteiger partial charge on any atom is 0.234 e. The van der Waals surface area contributed by atoms with Crippen molar-refractivity contribution in [1.29, 1.82) is 0 Å². The van der Waals surface area contributed by atoms with E-state index >= 15 is 0 Å². The van der Waals surface area contributed by atoms with Crippen LogP contribution in [0.3, 0.4) is 0 Å². The predicted octanol–water partition coefficient (Wildman–Crippen LogP) is 6.52. The standard InChI is InChI=1S/C49H63BrN11O4P/c1-5-33-28-41(55-49-53-30-38(50)47(57-49)54-40-11-10-39-45(52-18-17-51-39)46(40)66(3,4)64)43(65-2)29-42(33)61-21-15-35(16-22-61)60-25-23-58(24-26-60)31-32-13-19-59(20-14-32)36-8-6-7-34(27-36)37-9-12-44(62)56-48(37)63/h6-8,10-11,17-18,27-30,32,35,37,47,54H,5,9,12-16,19-26,31H2,1-4H3,(H2,53,55,57)(H,56,62,63). The number of nitrogens with zero attached hydrogens (tertiary/aromatic N) is 7. The highest BCUT2D eigenvalue weighted by Crippen LogP contribution is 2.41. The number of piperazine rings is 1. The van der Waals surface area contributed by atoms with Crippen LogP contribution in [-0.4, -0.2) is 129 Å². The number of hydrogen-bond acceptors (Lipinski definition) is 14. The Balaban J connectivity index is 0.753. The monoisotopic (exact) mass is 979 g/mol. The number of amides is 2. The Morgan fingerprint density at radius 3 is 2.36 bits per heavy atom. The molecule has 4 aromatic rings. The lowest BCUT2D eigenvalue weighted by Crippen LogP contribution is -2.54. The third-order valence-electron chi connectivity index (χ3n) is 14.1. The molecule has 4 saturated heterocycles. The molecule has 5 aliphatic rings. The largest absolute Gasteiger partial charge is 0.494 e. The van der Waals surface area contributed by atoms with Crippen molar-refractivity contribution in [2.45, 2.75) is 70.0 Å². The number of imide groups is 1. The van der Waals surface area contributed by atoms with E-state index in [2.05, 4.69) is 109 Å². The topological polar surface area (TPSA) is 160 Å². The molecule has 0 bridgehead atoms. The van der Waals surface area contributed by atoms with Gasteiger partial charge in [0, 0.05) is 113 Å². The second-order valence-electron chi connectivity index (χ2n) is 18.7. The number of aromatic nitrogens is 2. The molecule has 2 unspecified atom stereocenters. The minimum absolute atomic E-state index is 0.170. The summed E-state index contributed by atoms with van der Waals surface area (Å²) in [5, 5.41) is 13.7. The number of nitrogens with one attached hydrogen (secondary N) is 4. The van der Waals surface area contributed by atoms with Gasteiger partial charge in [0.15, 0.2) is 0 Å². The lowest BCUT2D eigenvalue weighted by atomic mass is 9.90. The molecule has 15 nitrogen and oxygen atoms in total. The van der Waals surface area contributed by atoms with E-state index in [0.29, 0.717) is 47.1 Å². The number of rotatable bonds is 12. The second kappa shape index (κ2) is 20.1. The summed E-state index contributed by atoms with van der Waals surface area (Å²) in [7, 11) is -1.03. The molecule has 4 N–H and O–H groups in total. The van der Waals surface area contributed by atoms with Crippen molar-refractivity contribution < 1.29 is 18.9 Å². The summed E-state index contributed by atoms with van der Waals surface area (Å²) in [5.41, 5.74) is 7.56. The number of halogens is 1. The van der Waals surface area contributed by atoms with Gasteiger partial charge in [-0.15, -0.1) is 0 Å². The molecule has 350 valence electrons. The average Bonchev–Trinajstić information content (AvgIpc) is 3.32. The van der Waals surface area contributed by atoms with Gasteiger partial charge in [0.2, 0.25) is 17.8 Å². The summed E-state index contributed by atoms with van der Waals surface area (Å²) in [6.07, 6.45) is 11.2. The number of carbonyl (C=O) groups is 2. The number of fused-ring (bicyclic) bond motifs is 1. The van der Waals surface area contributed by atoms with E-state index < -0.39 is 7.14 Å². The normalized spacial score (nSPS) is 21.8. The Kier molecular flexibility index (Phi) is 14.0. The van der Waals surface area contributed by atoms with Gasteiger partial charge in [-0.2, -0.15) is 0 Å². The molecular formula is C49H63BrN11O4P. The molecule has 1 aromatic heterocycles. The highest BCUT2D eigenvalue weighted by Gasteiger charge is 2.32. The molecule has 3 aromatic carbocycles. The Bertz CT molecular complexity index is 2540. The zero-order valence-electron chi connectivity index (χ0n) is 38.6. The van der Waals surface area contributed by atoms with Crippen molar-refractivity contribution in [1.82, 2.24) is 30.4 Å². The first kappa shape index (κ1) is 46.1. The molecule has 0 saturated carbocycles. The van der Waals surface area contributed by atoms with Crippen LogP contribution in [-0.2, 0) is 20.6 Å². The zero-order chi connectivity index (χ0) is 46.0. The fourth-order valence-corrected chi connectivity index (χ4v) is 12.2. The van der Waals surface area contributed by atoms with E-state index in [1.54, 1.807) is 39.0 Å². The fourth-order valence-electron chi connectivity index (χ4n) is 10.5. The number of aliphatic imine (C=N–C) groups is 1. The molecule has 2 atom stereocenters. The van der Waals surface area contributed by atoms with Gasteiger partial charge in [-0.05, 0) is 115 Å². The number of carbonyl (C=O) groups excluding carboxylic acids is 2. The van der Waals surface area contributed by atoms with Crippen LogP contribution < -0.4 is 41.1 Å². The van der Waals surface area contributed by atoms with Crippen molar-refractivity contribution in [3.05, 3.63) is 82.7 Å². The zero-order valence-corrected chi connectivity index (χ0v) is 41.0. The molecule has 0 aliphatic carbocycles. The first-order valence-corrected chi connectivity index (χ1v) is 27.0. The minimum Gasteiger partial charge on any atom is -0.494 e. The van der Waals surface area contributed by atoms with Crippen molar-refractivity contribution in [2.24, 2.45) is 10.9 Å². The number of anilines is 4. The summed E-state index contributed by atoms with van der Waals surface area (Å²) in [4.78, 5) is 48.3. The van der Waals surface area contributed by atoms with Crippen LogP contribution in [0.15, 0.2) is 76.6 Å². The van der Waals surface area contributed by atoms with Gasteiger partial charge in [-0.25, -0.2) is 4.99 Å². The van der Waals surface area contributed by atoms with Gasteiger partial charge in [0.05, 0.1) is 34.0 Å². The molecule has 2 amide bonds. The van der Waals surface area contributed by atoms with Crippen molar-refractivity contribution >= 4 is 79.9 Å². The maximum atomic E-state index is 13.6. The van der Waals surface area contributed by atoms with Crippen LogP contribution in [0.4, 0.5) is 22.7 Å². The van der Waals surface area contributed by atoms with Crippen LogP contribution in [0.25, 0.3) is 11.0 Å². The molecule has 0 spiro atoms. The first-order chi connectivity index (χ1) is 31.9. The third kappa shape index (κ3) is 10.3. The van der Waals surface area contributed by atoms with E-state index in [4.69, 9.17) is 4.74 Å². The summed E-state index contributed by atoms with van der Waals surface area (Å²) < 4.78 is 20.4.